The van der Waals surface area contributed by atoms with Gasteiger partial charge in [-0.25, -0.2) is 9.37 Å². The van der Waals surface area contributed by atoms with E-state index in [2.05, 4.69) is 53.6 Å². The molecule has 3 heterocycles. The summed E-state index contributed by atoms with van der Waals surface area (Å²) in [4.78, 5) is 7.19. The number of nitrogens with zero attached hydrogens (tertiary/aromatic N) is 3. The predicted molar refractivity (Wildman–Crippen MR) is 123 cm³/mol. The minimum Gasteiger partial charge on any atom is -0.350 e. The van der Waals surface area contributed by atoms with Crippen molar-refractivity contribution >= 4 is 29.1 Å². The highest BCUT2D eigenvalue weighted by Crippen LogP contribution is 2.34. The minimum absolute atomic E-state index is 0. The summed E-state index contributed by atoms with van der Waals surface area (Å²) >= 11 is 0. The first-order chi connectivity index (χ1) is 14.1. The van der Waals surface area contributed by atoms with E-state index < -0.39 is 0 Å². The number of hydrogen-bond donors (Lipinski definition) is 0. The molecule has 5 rings (SSSR count). The van der Waals surface area contributed by atoms with Crippen molar-refractivity contribution in [2.24, 2.45) is 0 Å². The molecule has 0 amide bonds. The molecule has 2 aromatic carbocycles. The lowest BCUT2D eigenvalue weighted by molar-refractivity contribution is 0.623. The van der Waals surface area contributed by atoms with Crippen molar-refractivity contribution in [3.05, 3.63) is 94.6 Å². The fourth-order valence-electron chi connectivity index (χ4n) is 4.50. The van der Waals surface area contributed by atoms with E-state index in [1.165, 1.54) is 33.8 Å². The standard InChI is InChI=1S/C25H24FN3.ClH/c1-17-18(2)29(15-19-6-5-9-22(26)14-19)24-23(17)10-12-27-25(24)28-13-11-20-7-3-4-8-21(20)16-28;/h3-10,12,14H,11,13,15-16H2,1-2H3;1H. The summed E-state index contributed by atoms with van der Waals surface area (Å²) in [5, 5.41) is 1.22. The molecule has 2 aromatic heterocycles. The molecule has 0 spiro atoms. The summed E-state index contributed by atoms with van der Waals surface area (Å²) in [5.41, 5.74) is 7.37. The molecule has 4 aromatic rings. The number of rotatable bonds is 3. The van der Waals surface area contributed by atoms with Crippen LogP contribution >= 0.6 is 12.4 Å². The number of pyridine rings is 1. The molecule has 1 aliphatic rings. The first-order valence-electron chi connectivity index (χ1n) is 10.1. The Morgan fingerprint density at radius 1 is 1.00 bits per heavy atom. The molecule has 0 atom stereocenters. The number of aromatic nitrogens is 2. The fraction of sp³-hybridized carbons (Fsp3) is 0.240. The Labute approximate surface area is 182 Å². The first-order valence-corrected chi connectivity index (χ1v) is 10.1. The van der Waals surface area contributed by atoms with E-state index in [-0.39, 0.29) is 18.2 Å². The summed E-state index contributed by atoms with van der Waals surface area (Å²) < 4.78 is 16.1. The molecule has 0 saturated heterocycles. The Morgan fingerprint density at radius 3 is 2.60 bits per heavy atom. The highest BCUT2D eigenvalue weighted by molar-refractivity contribution is 5.93. The molecular formula is C25H25ClFN3. The molecule has 0 unspecified atom stereocenters. The van der Waals surface area contributed by atoms with E-state index in [9.17, 15) is 4.39 Å². The van der Waals surface area contributed by atoms with Crippen LogP contribution in [0.25, 0.3) is 10.9 Å². The van der Waals surface area contributed by atoms with Gasteiger partial charge in [0.25, 0.3) is 0 Å². The lowest BCUT2D eigenvalue weighted by atomic mass is 10.00. The van der Waals surface area contributed by atoms with Crippen LogP contribution in [0.15, 0.2) is 60.8 Å². The van der Waals surface area contributed by atoms with E-state index in [0.717, 1.165) is 36.4 Å². The molecule has 0 bridgehead atoms. The van der Waals surface area contributed by atoms with Gasteiger partial charge in [-0.1, -0.05) is 36.4 Å². The van der Waals surface area contributed by atoms with Crippen molar-refractivity contribution in [3.8, 4) is 0 Å². The second-order valence-corrected chi connectivity index (χ2v) is 7.90. The van der Waals surface area contributed by atoms with Crippen molar-refractivity contribution in [2.45, 2.75) is 33.4 Å². The van der Waals surface area contributed by atoms with Gasteiger partial charge in [-0.3, -0.25) is 0 Å². The maximum Gasteiger partial charge on any atom is 0.153 e. The van der Waals surface area contributed by atoms with E-state index in [1.54, 1.807) is 12.1 Å². The average molecular weight is 422 g/mol. The third kappa shape index (κ3) is 3.46. The molecule has 1 aliphatic heterocycles. The molecule has 0 N–H and O–H groups in total. The van der Waals surface area contributed by atoms with Crippen LogP contribution in [0.3, 0.4) is 0 Å². The molecule has 3 nitrogen and oxygen atoms in total. The van der Waals surface area contributed by atoms with Crippen molar-refractivity contribution in [2.75, 3.05) is 11.4 Å². The normalized spacial score (nSPS) is 13.2. The average Bonchev–Trinajstić information content (AvgIpc) is 2.98. The van der Waals surface area contributed by atoms with Crippen molar-refractivity contribution in [1.82, 2.24) is 9.55 Å². The van der Waals surface area contributed by atoms with Gasteiger partial charge in [0.2, 0.25) is 0 Å². The summed E-state index contributed by atoms with van der Waals surface area (Å²) in [5.74, 6) is 0.823. The zero-order chi connectivity index (χ0) is 20.0. The Kier molecular flexibility index (Phi) is 5.52. The number of fused-ring (bicyclic) bond motifs is 2. The number of halogens is 2. The van der Waals surface area contributed by atoms with Crippen LogP contribution in [0.1, 0.15) is 27.9 Å². The molecule has 154 valence electrons. The second kappa shape index (κ2) is 8.11. The largest absolute Gasteiger partial charge is 0.350 e. The summed E-state index contributed by atoms with van der Waals surface area (Å²) in [6.07, 6.45) is 2.94. The van der Waals surface area contributed by atoms with Gasteiger partial charge in [-0.05, 0) is 60.7 Å². The van der Waals surface area contributed by atoms with Crippen LogP contribution in [0.5, 0.6) is 0 Å². The number of anilines is 1. The minimum atomic E-state index is -0.195. The molecule has 0 radical (unpaired) electrons. The van der Waals surface area contributed by atoms with Crippen LogP contribution in [0.2, 0.25) is 0 Å². The Morgan fingerprint density at radius 2 is 1.80 bits per heavy atom. The van der Waals surface area contributed by atoms with Gasteiger partial charge in [0.05, 0.1) is 5.52 Å². The highest BCUT2D eigenvalue weighted by atomic mass is 35.5. The summed E-state index contributed by atoms with van der Waals surface area (Å²) in [6, 6.07) is 17.6. The SMILES string of the molecule is Cc1c(C)n(Cc2cccc(F)c2)c2c(N3CCc4ccccc4C3)nccc12.Cl. The van der Waals surface area contributed by atoms with Crippen molar-refractivity contribution in [1.29, 1.82) is 0 Å². The summed E-state index contributed by atoms with van der Waals surface area (Å²) in [6.45, 7) is 6.76. The van der Waals surface area contributed by atoms with Crippen LogP contribution < -0.4 is 4.90 Å². The van der Waals surface area contributed by atoms with Gasteiger partial charge in [0, 0.05) is 36.9 Å². The van der Waals surface area contributed by atoms with Gasteiger partial charge in [-0.2, -0.15) is 0 Å². The van der Waals surface area contributed by atoms with Gasteiger partial charge in [0.15, 0.2) is 5.82 Å². The Bertz CT molecular complexity index is 1210. The van der Waals surface area contributed by atoms with Crippen LogP contribution in [0.4, 0.5) is 10.2 Å². The molecular weight excluding hydrogens is 397 g/mol. The highest BCUT2D eigenvalue weighted by Gasteiger charge is 2.22. The maximum atomic E-state index is 13.8. The molecule has 5 heteroatoms. The van der Waals surface area contributed by atoms with E-state index >= 15 is 0 Å². The molecule has 0 saturated carbocycles. The first kappa shape index (κ1) is 20.4. The quantitative estimate of drug-likeness (QED) is 0.415. The molecule has 0 aliphatic carbocycles. The Balaban J connectivity index is 0.00000218. The zero-order valence-electron chi connectivity index (χ0n) is 17.2. The molecule has 0 fully saturated rings. The third-order valence-corrected chi connectivity index (χ3v) is 6.19. The van der Waals surface area contributed by atoms with Crippen molar-refractivity contribution in [3.63, 3.8) is 0 Å². The lowest BCUT2D eigenvalue weighted by Gasteiger charge is -2.30. The van der Waals surface area contributed by atoms with Crippen LogP contribution in [-0.4, -0.2) is 16.1 Å². The third-order valence-electron chi connectivity index (χ3n) is 6.19. The van der Waals surface area contributed by atoms with Crippen LogP contribution in [0, 0.1) is 19.7 Å². The number of hydrogen-bond acceptors (Lipinski definition) is 2. The van der Waals surface area contributed by atoms with Crippen LogP contribution in [-0.2, 0) is 19.5 Å². The van der Waals surface area contributed by atoms with E-state index in [1.807, 2.05) is 12.3 Å². The number of benzene rings is 2. The topological polar surface area (TPSA) is 21.1 Å². The lowest BCUT2D eigenvalue weighted by Crippen LogP contribution is -2.31. The van der Waals surface area contributed by atoms with E-state index in [4.69, 9.17) is 4.98 Å². The zero-order valence-corrected chi connectivity index (χ0v) is 18.0. The monoisotopic (exact) mass is 421 g/mol. The number of aryl methyl sites for hydroxylation is 1. The van der Waals surface area contributed by atoms with Gasteiger partial charge in [-0.15, -0.1) is 12.4 Å². The fourth-order valence-corrected chi connectivity index (χ4v) is 4.50. The summed E-state index contributed by atoms with van der Waals surface area (Å²) in [7, 11) is 0. The van der Waals surface area contributed by atoms with Gasteiger partial charge >= 0.3 is 0 Å². The van der Waals surface area contributed by atoms with E-state index in [0.29, 0.717) is 6.54 Å². The predicted octanol–water partition coefficient (Wildman–Crippen LogP) is 5.83. The van der Waals surface area contributed by atoms with Gasteiger partial charge in [0.1, 0.15) is 5.82 Å². The maximum absolute atomic E-state index is 13.8. The van der Waals surface area contributed by atoms with Crippen molar-refractivity contribution < 1.29 is 4.39 Å². The Hall–Kier alpha value is -2.85. The smallest absolute Gasteiger partial charge is 0.153 e. The second-order valence-electron chi connectivity index (χ2n) is 7.90. The molecule has 30 heavy (non-hydrogen) atoms. The van der Waals surface area contributed by atoms with Gasteiger partial charge < -0.3 is 9.47 Å².